The molecule has 6 rings (SSSR count). The van der Waals surface area contributed by atoms with Crippen LogP contribution in [-0.4, -0.2) is 42.4 Å². The third kappa shape index (κ3) is 2.27. The van der Waals surface area contributed by atoms with E-state index in [1.165, 1.54) is 0 Å². The number of rotatable bonds is 1. The van der Waals surface area contributed by atoms with Gasteiger partial charge in [0.2, 0.25) is 6.79 Å². The third-order valence-corrected chi connectivity index (χ3v) is 6.74. The van der Waals surface area contributed by atoms with Crippen molar-refractivity contribution in [3.8, 4) is 11.5 Å². The van der Waals surface area contributed by atoms with Crippen LogP contribution >= 0.6 is 0 Å². The van der Waals surface area contributed by atoms with E-state index in [1.807, 2.05) is 54.4 Å². The SMILES string of the molecule is C=C1N(C)C(=O)C2=C(CC3=C(C(=O)c4ccccc43)C2c2ccc3c(c2)OCO3)N1C. The standard InChI is InChI=1S/C25H20N2O4/c1-13-26(2)18-11-17-15-6-4-5-7-16(15)24(28)22(17)21(23(18)25(29)27(13)3)14-8-9-19-20(10-14)31-12-30-19/h4-10,21H,1,11-12H2,2-3H3. The van der Waals surface area contributed by atoms with Gasteiger partial charge in [0.1, 0.15) is 5.82 Å². The van der Waals surface area contributed by atoms with Crippen LogP contribution in [-0.2, 0) is 4.79 Å². The van der Waals surface area contributed by atoms with Crippen LogP contribution in [0.4, 0.5) is 0 Å². The quantitative estimate of drug-likeness (QED) is 0.715. The van der Waals surface area contributed by atoms with Crippen molar-refractivity contribution >= 4 is 17.3 Å². The van der Waals surface area contributed by atoms with Crippen LogP contribution < -0.4 is 9.47 Å². The average molecular weight is 412 g/mol. The van der Waals surface area contributed by atoms with Crippen LogP contribution in [0.2, 0.25) is 0 Å². The van der Waals surface area contributed by atoms with E-state index < -0.39 is 5.92 Å². The van der Waals surface area contributed by atoms with E-state index in [4.69, 9.17) is 9.47 Å². The first kappa shape index (κ1) is 18.0. The molecule has 0 fully saturated rings. The van der Waals surface area contributed by atoms with Crippen LogP contribution in [0.15, 0.2) is 71.7 Å². The fourth-order valence-electron chi connectivity index (χ4n) is 5.09. The fourth-order valence-corrected chi connectivity index (χ4v) is 5.09. The summed E-state index contributed by atoms with van der Waals surface area (Å²) in [6.45, 7) is 4.25. The smallest absolute Gasteiger partial charge is 0.257 e. The molecule has 1 amide bonds. The minimum absolute atomic E-state index is 0.0117. The van der Waals surface area contributed by atoms with Crippen molar-refractivity contribution in [2.45, 2.75) is 12.3 Å². The van der Waals surface area contributed by atoms with Crippen LogP contribution in [0, 0.1) is 0 Å². The van der Waals surface area contributed by atoms with E-state index in [-0.39, 0.29) is 18.5 Å². The Morgan fingerprint density at radius 1 is 0.935 bits per heavy atom. The summed E-state index contributed by atoms with van der Waals surface area (Å²) in [5.74, 6) is 1.29. The molecule has 154 valence electrons. The minimum Gasteiger partial charge on any atom is -0.454 e. The Bertz CT molecular complexity index is 1290. The van der Waals surface area contributed by atoms with Gasteiger partial charge in [-0.15, -0.1) is 0 Å². The molecule has 0 saturated heterocycles. The molecule has 0 spiro atoms. The number of Topliss-reactive ketones (excluding diaryl/α,β-unsaturated/α-hetero) is 1. The number of ether oxygens (including phenoxy) is 2. The summed E-state index contributed by atoms with van der Waals surface area (Å²) in [7, 11) is 3.64. The number of allylic oxidation sites excluding steroid dienone is 2. The van der Waals surface area contributed by atoms with Gasteiger partial charge in [-0.2, -0.15) is 0 Å². The number of fused-ring (bicyclic) bond motifs is 3. The van der Waals surface area contributed by atoms with Crippen LogP contribution in [0.25, 0.3) is 5.57 Å². The monoisotopic (exact) mass is 412 g/mol. The third-order valence-electron chi connectivity index (χ3n) is 6.74. The largest absolute Gasteiger partial charge is 0.454 e. The summed E-state index contributed by atoms with van der Waals surface area (Å²) >= 11 is 0. The van der Waals surface area contributed by atoms with E-state index in [0.717, 1.165) is 22.4 Å². The molecule has 0 saturated carbocycles. The van der Waals surface area contributed by atoms with Crippen molar-refractivity contribution < 1.29 is 19.1 Å². The van der Waals surface area contributed by atoms with Gasteiger partial charge in [0.25, 0.3) is 5.91 Å². The molecule has 0 bridgehead atoms. The Balaban J connectivity index is 1.62. The molecule has 4 aliphatic rings. The zero-order chi connectivity index (χ0) is 21.4. The molecule has 2 aliphatic heterocycles. The maximum Gasteiger partial charge on any atom is 0.257 e. The number of carbonyl (C=O) groups is 2. The van der Waals surface area contributed by atoms with Gasteiger partial charge < -0.3 is 14.4 Å². The lowest BCUT2D eigenvalue weighted by molar-refractivity contribution is -0.126. The van der Waals surface area contributed by atoms with Gasteiger partial charge in [0, 0.05) is 48.8 Å². The molecule has 2 aromatic carbocycles. The Labute approximate surface area is 179 Å². The summed E-state index contributed by atoms with van der Waals surface area (Å²) in [6, 6.07) is 13.3. The van der Waals surface area contributed by atoms with Gasteiger partial charge in [0.05, 0.1) is 0 Å². The van der Waals surface area contributed by atoms with Crippen molar-refractivity contribution in [2.24, 2.45) is 0 Å². The molecular weight excluding hydrogens is 392 g/mol. The van der Waals surface area contributed by atoms with E-state index in [2.05, 4.69) is 6.58 Å². The van der Waals surface area contributed by atoms with Gasteiger partial charge >= 0.3 is 0 Å². The molecule has 2 aromatic rings. The summed E-state index contributed by atoms with van der Waals surface area (Å²) < 4.78 is 11.1. The molecule has 1 unspecified atom stereocenters. The Kier molecular flexibility index (Phi) is 3.55. The molecular formula is C25H20N2O4. The lowest BCUT2D eigenvalue weighted by atomic mass is 9.74. The van der Waals surface area contributed by atoms with Crippen LogP contribution in [0.5, 0.6) is 11.5 Å². The first-order valence-corrected chi connectivity index (χ1v) is 10.2. The predicted molar refractivity (Wildman–Crippen MR) is 114 cm³/mol. The second kappa shape index (κ2) is 6.11. The van der Waals surface area contributed by atoms with Crippen molar-refractivity contribution in [1.29, 1.82) is 0 Å². The highest BCUT2D eigenvalue weighted by atomic mass is 16.7. The van der Waals surface area contributed by atoms with Crippen LogP contribution in [0.1, 0.15) is 33.8 Å². The zero-order valence-electron chi connectivity index (χ0n) is 17.3. The predicted octanol–water partition coefficient (Wildman–Crippen LogP) is 3.68. The topological polar surface area (TPSA) is 59.1 Å². The Morgan fingerprint density at radius 3 is 2.48 bits per heavy atom. The van der Waals surface area contributed by atoms with Crippen molar-refractivity contribution in [2.75, 3.05) is 20.9 Å². The maximum atomic E-state index is 13.6. The number of amides is 1. The molecule has 6 nitrogen and oxygen atoms in total. The first-order chi connectivity index (χ1) is 15.0. The first-order valence-electron chi connectivity index (χ1n) is 10.2. The summed E-state index contributed by atoms with van der Waals surface area (Å²) in [6.07, 6.45) is 0.517. The van der Waals surface area contributed by atoms with Crippen molar-refractivity contribution in [1.82, 2.24) is 9.80 Å². The molecule has 0 aromatic heterocycles. The normalized spacial score (nSPS) is 21.6. The Morgan fingerprint density at radius 2 is 1.68 bits per heavy atom. The number of hydrogen-bond donors (Lipinski definition) is 0. The summed E-state index contributed by atoms with van der Waals surface area (Å²) in [5, 5.41) is 0. The van der Waals surface area contributed by atoms with E-state index in [0.29, 0.717) is 40.5 Å². The number of carbonyl (C=O) groups excluding carboxylic acids is 2. The number of likely N-dealkylation sites (N-methyl/N-ethyl adjacent to an activating group) is 1. The van der Waals surface area contributed by atoms with E-state index >= 15 is 0 Å². The molecule has 1 atom stereocenters. The maximum absolute atomic E-state index is 13.6. The lowest BCUT2D eigenvalue weighted by Gasteiger charge is -2.42. The molecule has 2 aliphatic carbocycles. The van der Waals surface area contributed by atoms with Gasteiger partial charge in [0.15, 0.2) is 17.3 Å². The zero-order valence-corrected chi connectivity index (χ0v) is 17.3. The minimum atomic E-state index is -0.487. The van der Waals surface area contributed by atoms with Gasteiger partial charge in [-0.25, -0.2) is 0 Å². The van der Waals surface area contributed by atoms with Crippen LogP contribution in [0.3, 0.4) is 0 Å². The van der Waals surface area contributed by atoms with Gasteiger partial charge in [-0.3, -0.25) is 14.5 Å². The molecule has 2 heterocycles. The molecule has 0 N–H and O–H groups in total. The molecule has 0 radical (unpaired) electrons. The highest BCUT2D eigenvalue weighted by Gasteiger charge is 2.46. The summed E-state index contributed by atoms with van der Waals surface area (Å²) in [5.41, 5.74) is 5.66. The number of benzene rings is 2. The van der Waals surface area contributed by atoms with Crippen molar-refractivity contribution in [3.63, 3.8) is 0 Å². The lowest BCUT2D eigenvalue weighted by Crippen LogP contribution is -2.44. The Hall–Kier alpha value is -3.80. The number of hydrogen-bond acceptors (Lipinski definition) is 5. The number of ketones is 1. The highest BCUT2D eigenvalue weighted by molar-refractivity contribution is 6.23. The highest BCUT2D eigenvalue weighted by Crippen LogP contribution is 2.53. The fraction of sp³-hybridized carbons (Fsp3) is 0.200. The molecule has 31 heavy (non-hydrogen) atoms. The molecule has 6 heteroatoms. The second-order valence-electron chi connectivity index (χ2n) is 8.19. The van der Waals surface area contributed by atoms with Crippen molar-refractivity contribution in [3.05, 3.63) is 88.4 Å². The second-order valence-corrected chi connectivity index (χ2v) is 8.19. The van der Waals surface area contributed by atoms with E-state index in [1.54, 1.807) is 11.9 Å². The van der Waals surface area contributed by atoms with Gasteiger partial charge in [-0.05, 0) is 28.8 Å². The van der Waals surface area contributed by atoms with Gasteiger partial charge in [-0.1, -0.05) is 36.9 Å². The average Bonchev–Trinajstić information content (AvgIpc) is 3.37. The summed E-state index contributed by atoms with van der Waals surface area (Å²) in [4.78, 5) is 30.6. The van der Waals surface area contributed by atoms with E-state index in [9.17, 15) is 9.59 Å². The number of nitrogens with zero attached hydrogens (tertiary/aromatic N) is 2.